The topological polar surface area (TPSA) is 131 Å². The zero-order valence-electron chi connectivity index (χ0n) is 19.9. The molecule has 0 aromatic heterocycles. The maximum absolute atomic E-state index is 11.5. The van der Waals surface area contributed by atoms with Crippen molar-refractivity contribution in [1.82, 2.24) is 5.32 Å². The van der Waals surface area contributed by atoms with Gasteiger partial charge in [0, 0.05) is 11.5 Å². The molecule has 2 fully saturated rings. The van der Waals surface area contributed by atoms with Gasteiger partial charge in [-0.25, -0.2) is 4.79 Å². The number of benzene rings is 1. The Labute approximate surface area is 199 Å². The summed E-state index contributed by atoms with van der Waals surface area (Å²) < 4.78 is 15.6. The minimum absolute atomic E-state index is 0.120. The number of carbonyl (C=O) groups is 3. The zero-order chi connectivity index (χ0) is 24.7. The van der Waals surface area contributed by atoms with Crippen LogP contribution in [0, 0.1) is 5.92 Å². The van der Waals surface area contributed by atoms with Gasteiger partial charge in [-0.1, -0.05) is 18.9 Å². The van der Waals surface area contributed by atoms with Crippen molar-refractivity contribution in [2.75, 3.05) is 13.3 Å². The van der Waals surface area contributed by atoms with E-state index in [-0.39, 0.29) is 25.7 Å². The van der Waals surface area contributed by atoms with Crippen LogP contribution in [0.3, 0.4) is 0 Å². The van der Waals surface area contributed by atoms with Crippen molar-refractivity contribution in [3.8, 4) is 5.75 Å². The lowest BCUT2D eigenvalue weighted by molar-refractivity contribution is -0.143. The molecule has 9 nitrogen and oxygen atoms in total. The summed E-state index contributed by atoms with van der Waals surface area (Å²) in [5.74, 6) is -0.637. The Hall–Kier alpha value is -2.81. The first-order valence-electron chi connectivity index (χ1n) is 12.0. The molecule has 0 unspecified atom stereocenters. The summed E-state index contributed by atoms with van der Waals surface area (Å²) in [6.07, 6.45) is 6.12. The summed E-state index contributed by atoms with van der Waals surface area (Å²) in [6, 6.07) is 7.01. The van der Waals surface area contributed by atoms with Crippen LogP contribution in [0.4, 0.5) is 4.79 Å². The molecule has 1 saturated carbocycles. The summed E-state index contributed by atoms with van der Waals surface area (Å²) in [4.78, 5) is 30.8. The Morgan fingerprint density at radius 1 is 1.12 bits per heavy atom. The van der Waals surface area contributed by atoms with Crippen molar-refractivity contribution in [1.29, 1.82) is 0 Å². The number of ether oxygens (including phenoxy) is 3. The average molecular weight is 478 g/mol. The van der Waals surface area contributed by atoms with E-state index in [0.29, 0.717) is 11.5 Å². The van der Waals surface area contributed by atoms with E-state index < -0.39 is 18.1 Å². The minimum atomic E-state index is -1.08. The van der Waals surface area contributed by atoms with Gasteiger partial charge >= 0.3 is 18.1 Å². The molecule has 0 spiro atoms. The third kappa shape index (κ3) is 6.40. The molecule has 1 aromatic rings. The molecule has 0 radical (unpaired) electrons. The fourth-order valence-electron chi connectivity index (χ4n) is 5.58. The van der Waals surface area contributed by atoms with E-state index >= 15 is 0 Å². The second kappa shape index (κ2) is 11.6. The first-order valence-corrected chi connectivity index (χ1v) is 12.0. The van der Waals surface area contributed by atoms with Crippen molar-refractivity contribution in [3.63, 3.8) is 0 Å². The van der Waals surface area contributed by atoms with Gasteiger partial charge in [-0.2, -0.15) is 0 Å². The fraction of sp³-hybridized carbons (Fsp3) is 0.640. The first-order chi connectivity index (χ1) is 16.2. The van der Waals surface area contributed by atoms with Gasteiger partial charge in [-0.05, 0) is 75.3 Å². The van der Waals surface area contributed by atoms with Crippen molar-refractivity contribution >= 4 is 18.1 Å². The molecule has 0 amide bonds. The van der Waals surface area contributed by atoms with Crippen LogP contribution in [-0.2, 0) is 30.9 Å². The summed E-state index contributed by atoms with van der Waals surface area (Å²) in [7, 11) is 0. The highest BCUT2D eigenvalue weighted by molar-refractivity contribution is 5.75. The van der Waals surface area contributed by atoms with Gasteiger partial charge in [-0.3, -0.25) is 9.59 Å². The predicted molar refractivity (Wildman–Crippen MR) is 123 cm³/mol. The maximum Gasteiger partial charge on any atom is 0.511 e. The normalized spacial score (nSPS) is 24.6. The minimum Gasteiger partial charge on any atom is -0.481 e. The van der Waals surface area contributed by atoms with E-state index in [1.807, 2.05) is 6.07 Å². The van der Waals surface area contributed by atoms with Crippen LogP contribution in [0.5, 0.6) is 5.75 Å². The SMILES string of the molecule is CC(C)OC(=O)OCOc1ccc2c(c1)[C@]13CCCC[C@@H]1[C@@H](C2)NCC3.O=C(O)CCC(=O)O. The molecule has 4 rings (SSSR count). The molecule has 34 heavy (non-hydrogen) atoms. The molecule has 1 saturated heterocycles. The van der Waals surface area contributed by atoms with Crippen molar-refractivity contribution < 1.29 is 38.8 Å². The molecular weight excluding hydrogens is 442 g/mol. The molecular formula is C25H35NO8. The Balaban J connectivity index is 0.000000350. The number of carboxylic acids is 2. The second-order valence-corrected chi connectivity index (χ2v) is 9.45. The fourth-order valence-corrected chi connectivity index (χ4v) is 5.58. The molecule has 9 heteroatoms. The van der Waals surface area contributed by atoms with E-state index in [0.717, 1.165) is 24.6 Å². The van der Waals surface area contributed by atoms with E-state index in [1.165, 1.54) is 43.2 Å². The molecule has 1 heterocycles. The Kier molecular flexibility index (Phi) is 8.77. The summed E-state index contributed by atoms with van der Waals surface area (Å²) in [5, 5.41) is 19.6. The molecule has 3 N–H and O–H groups in total. The predicted octanol–water partition coefficient (Wildman–Crippen LogP) is 3.87. The highest BCUT2D eigenvalue weighted by atomic mass is 16.8. The highest BCUT2D eigenvalue weighted by Gasteiger charge is 2.51. The number of aliphatic carboxylic acids is 2. The van der Waals surface area contributed by atoms with Crippen LogP contribution in [-0.4, -0.2) is 53.8 Å². The Bertz CT molecular complexity index is 868. The van der Waals surface area contributed by atoms with E-state index in [2.05, 4.69) is 17.4 Å². The molecule has 3 atom stereocenters. The summed E-state index contributed by atoms with van der Waals surface area (Å²) >= 11 is 0. The first kappa shape index (κ1) is 25.8. The molecule has 1 aromatic carbocycles. The van der Waals surface area contributed by atoms with Crippen LogP contribution < -0.4 is 10.1 Å². The standard InChI is InChI=1S/C21H29NO4.C4H6O4/c1-14(2)26-20(23)25-13-24-16-7-6-15-11-19-17-5-3-4-8-21(17,9-10-22-19)18(15)12-16;5-3(6)1-2-4(7)8/h6-7,12,14,17,19,22H,3-5,8-11,13H2,1-2H3;1-2H2,(H,5,6)(H,7,8)/t17-,19-,21+;/m1./s1. The van der Waals surface area contributed by atoms with Crippen LogP contribution in [0.1, 0.15) is 69.9 Å². The molecule has 188 valence electrons. The Morgan fingerprint density at radius 2 is 1.85 bits per heavy atom. The monoisotopic (exact) mass is 477 g/mol. The maximum atomic E-state index is 11.5. The molecule has 1 aliphatic heterocycles. The molecule has 2 aliphatic carbocycles. The quantitative estimate of drug-likeness (QED) is 0.395. The van der Waals surface area contributed by atoms with Crippen molar-refractivity contribution in [3.05, 3.63) is 29.3 Å². The van der Waals surface area contributed by atoms with Gasteiger partial charge in [0.2, 0.25) is 6.79 Å². The van der Waals surface area contributed by atoms with Gasteiger partial charge in [0.25, 0.3) is 0 Å². The largest absolute Gasteiger partial charge is 0.511 e. The van der Waals surface area contributed by atoms with E-state index in [4.69, 9.17) is 24.4 Å². The number of carbonyl (C=O) groups excluding carboxylic acids is 1. The lowest BCUT2D eigenvalue weighted by Crippen LogP contribution is -2.59. The molecule has 2 bridgehead atoms. The van der Waals surface area contributed by atoms with Gasteiger partial charge in [-0.15, -0.1) is 0 Å². The van der Waals surface area contributed by atoms with E-state index in [9.17, 15) is 14.4 Å². The lowest BCUT2D eigenvalue weighted by atomic mass is 9.53. The highest BCUT2D eigenvalue weighted by Crippen LogP contribution is 2.54. The number of rotatable bonds is 7. The van der Waals surface area contributed by atoms with Crippen LogP contribution in [0.25, 0.3) is 0 Å². The second-order valence-electron chi connectivity index (χ2n) is 9.45. The number of carboxylic acid groups (broad SMARTS) is 2. The third-order valence-corrected chi connectivity index (χ3v) is 6.91. The van der Waals surface area contributed by atoms with Crippen LogP contribution in [0.2, 0.25) is 0 Å². The smallest absolute Gasteiger partial charge is 0.481 e. The Morgan fingerprint density at radius 3 is 2.53 bits per heavy atom. The third-order valence-electron chi connectivity index (χ3n) is 6.91. The van der Waals surface area contributed by atoms with Gasteiger partial charge in [0.1, 0.15) is 5.75 Å². The average Bonchev–Trinajstić information content (AvgIpc) is 2.78. The van der Waals surface area contributed by atoms with Gasteiger partial charge < -0.3 is 29.7 Å². The lowest BCUT2D eigenvalue weighted by Gasteiger charge is -2.56. The number of hydrogen-bond acceptors (Lipinski definition) is 7. The van der Waals surface area contributed by atoms with Crippen molar-refractivity contribution in [2.24, 2.45) is 5.92 Å². The summed E-state index contributed by atoms with van der Waals surface area (Å²) in [5.41, 5.74) is 3.23. The molecule has 3 aliphatic rings. The zero-order valence-corrected chi connectivity index (χ0v) is 19.9. The number of fused-ring (bicyclic) bond motifs is 1. The number of nitrogens with one attached hydrogen (secondary N) is 1. The van der Waals surface area contributed by atoms with Gasteiger partial charge in [0.05, 0.1) is 18.9 Å². The number of hydrogen-bond donors (Lipinski definition) is 3. The van der Waals surface area contributed by atoms with Crippen LogP contribution in [0.15, 0.2) is 18.2 Å². The summed E-state index contributed by atoms with van der Waals surface area (Å²) in [6.45, 7) is 4.57. The number of piperidine rings is 1. The van der Waals surface area contributed by atoms with E-state index in [1.54, 1.807) is 13.8 Å². The van der Waals surface area contributed by atoms with Crippen molar-refractivity contribution in [2.45, 2.75) is 82.8 Å². The van der Waals surface area contributed by atoms with Gasteiger partial charge in [0.15, 0.2) is 0 Å². The van der Waals surface area contributed by atoms with Crippen LogP contribution >= 0.6 is 0 Å².